The summed E-state index contributed by atoms with van der Waals surface area (Å²) in [6.07, 6.45) is -3.37. The number of hydrogen-bond acceptors (Lipinski definition) is 19. The van der Waals surface area contributed by atoms with Crippen LogP contribution in [0.5, 0.6) is 0 Å². The van der Waals surface area contributed by atoms with Crippen LogP contribution >= 0.6 is 23.5 Å². The molecule has 12 amide bonds. The Kier molecular flexibility index (Phi) is 26.5. The number of nitrogens with zero attached hydrogens (tertiary/aromatic N) is 2. The fourth-order valence-corrected chi connectivity index (χ4v) is 13.5. The maximum Gasteiger partial charge on any atom is 0.246 e. The molecule has 2 bridgehead atoms. The van der Waals surface area contributed by atoms with Gasteiger partial charge in [0, 0.05) is 92.3 Å². The number of H-pyrrole nitrogens is 1. The minimum absolute atomic E-state index is 0.0523. The average molecular weight is 1360 g/mol. The van der Waals surface area contributed by atoms with Crippen LogP contribution in [0.15, 0.2) is 53.6 Å². The number of benzene rings is 2. The number of ketones is 2. The molecule has 0 radical (unpaired) electrons. The molecular formula is C64H86N12O17S2. The number of fused-ring (bicyclic) bond motifs is 5. The Morgan fingerprint density at radius 1 is 0.779 bits per heavy atom. The summed E-state index contributed by atoms with van der Waals surface area (Å²) in [5.41, 5.74) is 1.80. The number of thioether (sulfide) groups is 2. The Morgan fingerprint density at radius 2 is 1.46 bits per heavy atom. The quantitative estimate of drug-likeness (QED) is 0.0593. The van der Waals surface area contributed by atoms with Crippen LogP contribution in [0.25, 0.3) is 10.9 Å². The van der Waals surface area contributed by atoms with Gasteiger partial charge < -0.3 is 73.1 Å². The third-order valence-corrected chi connectivity index (χ3v) is 19.8. The van der Waals surface area contributed by atoms with Gasteiger partial charge in [-0.05, 0) is 53.3 Å². The SMILES string of the molecule is CC[C@H](C)[C@@H]1NC(=O)CNC(=O)C2Cc3c([nH]c4ccccc34)SC[C@H](NC(=O)CNC1=O)C(=O)N[C@@H](CC(=O)NCc1ccc(NC(=O)[C@H](C)CC(=O)C(NC(=O)CCN3C(=O)CC(SC)C3=O)C(C)C)cc1)C(=O)N1C[C@H](O)C[C@H]1C(=O)C[C@@H]([C@@H](C)[C@@H](O)CO)C(=O)N2. The number of carbonyl (C=O) groups excluding carboxylic acids is 14. The van der Waals surface area contributed by atoms with Crippen molar-refractivity contribution in [1.29, 1.82) is 0 Å². The summed E-state index contributed by atoms with van der Waals surface area (Å²) in [6.45, 7) is 6.84. The summed E-state index contributed by atoms with van der Waals surface area (Å²) in [6, 6.07) is 4.60. The van der Waals surface area contributed by atoms with Crippen LogP contribution in [0, 0.1) is 29.6 Å². The number of aromatic nitrogens is 1. The highest BCUT2D eigenvalue weighted by Gasteiger charge is 2.46. The van der Waals surface area contributed by atoms with Crippen molar-refractivity contribution < 1.29 is 82.4 Å². The van der Waals surface area contributed by atoms with E-state index < -0.39 is 187 Å². The van der Waals surface area contributed by atoms with Crippen molar-refractivity contribution in [3.8, 4) is 0 Å². The molecule has 95 heavy (non-hydrogen) atoms. The van der Waals surface area contributed by atoms with Gasteiger partial charge in [0.25, 0.3) is 0 Å². The van der Waals surface area contributed by atoms with Crippen LogP contribution < -0.4 is 47.9 Å². The second kappa shape index (κ2) is 33.9. The van der Waals surface area contributed by atoms with E-state index in [4.69, 9.17) is 0 Å². The second-order valence-electron chi connectivity index (χ2n) is 25.0. The number of carbonyl (C=O) groups is 14. The second-order valence-corrected chi connectivity index (χ2v) is 27.0. The largest absolute Gasteiger partial charge is 0.394 e. The van der Waals surface area contributed by atoms with Gasteiger partial charge in [-0.15, -0.1) is 11.8 Å². The van der Waals surface area contributed by atoms with Crippen molar-refractivity contribution in [2.75, 3.05) is 50.1 Å². The molecule has 0 spiro atoms. The smallest absolute Gasteiger partial charge is 0.246 e. The molecule has 3 aromatic rings. The number of nitrogens with one attached hydrogen (secondary N) is 10. The predicted molar refractivity (Wildman–Crippen MR) is 348 cm³/mol. The zero-order valence-electron chi connectivity index (χ0n) is 54.1. The molecule has 0 saturated carbocycles. The summed E-state index contributed by atoms with van der Waals surface area (Å²) in [5, 5.41) is 56.5. The van der Waals surface area contributed by atoms with Gasteiger partial charge in [-0.25, -0.2) is 0 Å². The fourth-order valence-electron chi connectivity index (χ4n) is 11.7. The van der Waals surface area contributed by atoms with Gasteiger partial charge in [0.05, 0.1) is 60.7 Å². The Labute approximate surface area is 557 Å². The number of aliphatic hydroxyl groups excluding tert-OH is 3. The lowest BCUT2D eigenvalue weighted by atomic mass is 9.83. The molecule has 2 saturated heterocycles. The maximum absolute atomic E-state index is 15.1. The molecule has 2 fully saturated rings. The van der Waals surface area contributed by atoms with E-state index in [0.29, 0.717) is 39.2 Å². The van der Waals surface area contributed by atoms with E-state index >= 15 is 4.79 Å². The molecule has 0 aliphatic carbocycles. The van der Waals surface area contributed by atoms with Crippen molar-refractivity contribution in [2.24, 2.45) is 29.6 Å². The number of para-hydroxylation sites is 1. The number of imide groups is 1. The molecule has 31 heteroatoms. The van der Waals surface area contributed by atoms with E-state index in [1.807, 2.05) is 0 Å². The van der Waals surface area contributed by atoms with Crippen molar-refractivity contribution in [1.82, 2.24) is 57.3 Å². The number of rotatable bonds is 20. The third kappa shape index (κ3) is 19.5. The fraction of sp³-hybridized carbons (Fsp3) is 0.562. The van der Waals surface area contributed by atoms with Crippen LogP contribution in [0.2, 0.25) is 0 Å². The van der Waals surface area contributed by atoms with Gasteiger partial charge in [-0.2, -0.15) is 11.8 Å². The highest BCUT2D eigenvalue weighted by Crippen LogP contribution is 2.33. The number of likely N-dealkylation sites (tertiary alicyclic amines) is 1. The highest BCUT2D eigenvalue weighted by atomic mass is 32.2. The molecule has 3 unspecified atom stereocenters. The minimum Gasteiger partial charge on any atom is -0.394 e. The van der Waals surface area contributed by atoms with E-state index in [9.17, 15) is 77.6 Å². The first-order valence-electron chi connectivity index (χ1n) is 31.7. The lowest BCUT2D eigenvalue weighted by Crippen LogP contribution is -2.59. The number of aromatic amines is 1. The summed E-state index contributed by atoms with van der Waals surface area (Å²) < 4.78 is 0. The van der Waals surface area contributed by atoms with E-state index in [1.54, 1.807) is 77.3 Å². The van der Waals surface area contributed by atoms with E-state index in [0.717, 1.165) is 21.6 Å². The lowest BCUT2D eigenvalue weighted by molar-refractivity contribution is -0.144. The maximum atomic E-state index is 15.1. The molecule has 7 rings (SSSR count). The van der Waals surface area contributed by atoms with Gasteiger partial charge in [-0.1, -0.05) is 78.3 Å². The monoisotopic (exact) mass is 1360 g/mol. The van der Waals surface area contributed by atoms with E-state index in [2.05, 4.69) is 52.8 Å². The highest BCUT2D eigenvalue weighted by molar-refractivity contribution is 8.00. The molecule has 13 N–H and O–H groups in total. The van der Waals surface area contributed by atoms with Crippen LogP contribution in [0.4, 0.5) is 5.69 Å². The standard InChI is InChI=1S/C64H86N12O17S2/c1-8-32(4)56-61(91)67-26-52(84)69-44-30-95-62-40(38-11-9-10-12-41(38)72-62)21-42(59(89)66-27-53(85)74-56)70-58(88)39(34(6)48(81)29-77)22-46(79)45-20-37(78)28-76(45)63(92)43(71-60(44)90)23-51(83)65-25-35-13-15-36(16-14-35)68-57(87)33(5)19-47(80)55(31(2)3)73-50(82)17-18-75-54(86)24-49(94-7)64(75)93/h9-16,31-34,37,39,42-45,48-49,55-56,72,77-78,81H,8,17-30H2,1-7H3,(H,65,83)(H,66,89)(H,67,91)(H,68,87)(H,69,84)(H,70,88)(H,71,90)(H,73,82)(H,74,85)/t32-,33+,34+,37+,39-,42?,43-,44-,45-,48-,49?,55?,56-/m0/s1. The molecule has 13 atom stereocenters. The van der Waals surface area contributed by atoms with Gasteiger partial charge in [-0.3, -0.25) is 72.0 Å². The predicted octanol–water partition coefficient (Wildman–Crippen LogP) is -1.16. The molecule has 516 valence electrons. The van der Waals surface area contributed by atoms with Gasteiger partial charge >= 0.3 is 0 Å². The lowest BCUT2D eigenvalue weighted by Gasteiger charge is -2.32. The molecule has 1 aromatic heterocycles. The van der Waals surface area contributed by atoms with Gasteiger partial charge in [0.15, 0.2) is 11.6 Å². The normalized spacial score (nSPS) is 24.6. The summed E-state index contributed by atoms with van der Waals surface area (Å²) >= 11 is 2.26. The molecule has 5 heterocycles. The van der Waals surface area contributed by atoms with Crippen molar-refractivity contribution in [3.63, 3.8) is 0 Å². The summed E-state index contributed by atoms with van der Waals surface area (Å²) in [5.74, 6) is -14.8. The van der Waals surface area contributed by atoms with Crippen molar-refractivity contribution >= 4 is 123 Å². The summed E-state index contributed by atoms with van der Waals surface area (Å²) in [7, 11) is 0. The van der Waals surface area contributed by atoms with Crippen LogP contribution in [0.3, 0.4) is 0 Å². The summed E-state index contributed by atoms with van der Waals surface area (Å²) in [4.78, 5) is 199. The molecule has 2 aromatic carbocycles. The molecule has 4 aliphatic heterocycles. The number of Topliss-reactive ketones (excluding diaryl/α,β-unsaturated/α-hetero) is 2. The number of hydrogen-bond donors (Lipinski definition) is 13. The Balaban J connectivity index is 1.13. The molecule has 29 nitrogen and oxygen atoms in total. The van der Waals surface area contributed by atoms with Gasteiger partial charge in [0.1, 0.15) is 24.2 Å². The first-order chi connectivity index (χ1) is 45.1. The number of anilines is 1. The average Bonchev–Trinajstić information content (AvgIpc) is 1.77. The van der Waals surface area contributed by atoms with E-state index in [-0.39, 0.29) is 68.7 Å². The number of aliphatic hydroxyl groups is 3. The van der Waals surface area contributed by atoms with Gasteiger partial charge in [0.2, 0.25) is 70.9 Å². The topological polar surface area (TPSA) is 430 Å². The van der Waals surface area contributed by atoms with Crippen molar-refractivity contribution in [2.45, 2.75) is 158 Å². The Morgan fingerprint density at radius 3 is 2.13 bits per heavy atom. The third-order valence-electron chi connectivity index (χ3n) is 17.7. The number of amides is 12. The zero-order valence-corrected chi connectivity index (χ0v) is 55.7. The first kappa shape index (κ1) is 74.1. The van der Waals surface area contributed by atoms with Crippen LogP contribution in [-0.2, 0) is 80.1 Å². The molecular weight excluding hydrogens is 1270 g/mol. The molecule has 4 aliphatic rings. The van der Waals surface area contributed by atoms with Crippen LogP contribution in [0.1, 0.15) is 97.6 Å². The van der Waals surface area contributed by atoms with Crippen LogP contribution in [-0.4, -0.2) is 211 Å². The van der Waals surface area contributed by atoms with E-state index in [1.165, 1.54) is 30.8 Å². The zero-order chi connectivity index (χ0) is 69.5. The van der Waals surface area contributed by atoms with Crippen molar-refractivity contribution in [3.05, 3.63) is 59.7 Å². The first-order valence-corrected chi connectivity index (χ1v) is 34.0. The minimum atomic E-state index is -1.81. The Hall–Kier alpha value is -8.26. The Bertz CT molecular complexity index is 3400.